The molecule has 0 saturated carbocycles. The minimum absolute atomic E-state index is 0.0704. The second kappa shape index (κ2) is 6.65. The van der Waals surface area contributed by atoms with Crippen LogP contribution in [0.5, 0.6) is 0 Å². The summed E-state index contributed by atoms with van der Waals surface area (Å²) in [6, 6.07) is 7.19. The van der Waals surface area contributed by atoms with Gasteiger partial charge in [0.15, 0.2) is 0 Å². The monoisotopic (exact) mass is 235 g/mol. The number of aryl methyl sites for hydroxylation is 1. The number of nitrogens with one attached hydrogen (secondary N) is 2. The van der Waals surface area contributed by atoms with Crippen LogP contribution in [0.2, 0.25) is 0 Å². The molecule has 0 aliphatic carbocycles. The molecule has 1 aromatic rings. The van der Waals surface area contributed by atoms with E-state index in [-0.39, 0.29) is 6.54 Å². The normalized spacial score (nSPS) is 9.94. The standard InChI is InChI=1S/C12H17N3O2/c1-2-9-5-3-4-6-10(9)7-14-8-11(16)15-12(13)17/h3-6,14H,2,7-8H2,1H3,(H3,13,15,16,17). The third kappa shape index (κ3) is 4.65. The summed E-state index contributed by atoms with van der Waals surface area (Å²) in [5.41, 5.74) is 7.22. The van der Waals surface area contributed by atoms with E-state index in [2.05, 4.69) is 18.3 Å². The highest BCUT2D eigenvalue weighted by Crippen LogP contribution is 2.08. The molecule has 0 bridgehead atoms. The molecule has 0 aliphatic heterocycles. The van der Waals surface area contributed by atoms with E-state index in [1.165, 1.54) is 5.56 Å². The van der Waals surface area contributed by atoms with Gasteiger partial charge in [0.1, 0.15) is 0 Å². The van der Waals surface area contributed by atoms with Crippen molar-refractivity contribution in [3.05, 3.63) is 35.4 Å². The predicted molar refractivity (Wildman–Crippen MR) is 65.3 cm³/mol. The van der Waals surface area contributed by atoms with Gasteiger partial charge in [0.05, 0.1) is 6.54 Å². The van der Waals surface area contributed by atoms with E-state index >= 15 is 0 Å². The maximum Gasteiger partial charge on any atom is 0.318 e. The third-order valence-corrected chi connectivity index (χ3v) is 2.36. The van der Waals surface area contributed by atoms with E-state index in [1.807, 2.05) is 23.5 Å². The van der Waals surface area contributed by atoms with Gasteiger partial charge in [-0.3, -0.25) is 10.1 Å². The molecule has 0 atom stereocenters. The average Bonchev–Trinajstić information content (AvgIpc) is 2.28. The molecule has 5 heteroatoms. The average molecular weight is 235 g/mol. The Labute approximate surface area is 100 Å². The Hall–Kier alpha value is -1.88. The molecule has 1 rings (SSSR count). The first-order valence-electron chi connectivity index (χ1n) is 5.50. The number of imide groups is 1. The van der Waals surface area contributed by atoms with Gasteiger partial charge in [-0.15, -0.1) is 0 Å². The maximum absolute atomic E-state index is 11.1. The second-order valence-electron chi connectivity index (χ2n) is 3.64. The SMILES string of the molecule is CCc1ccccc1CNCC(=O)NC(N)=O. The molecule has 0 fully saturated rings. The first-order valence-corrected chi connectivity index (χ1v) is 5.50. The van der Waals surface area contributed by atoms with Gasteiger partial charge in [-0.05, 0) is 17.5 Å². The van der Waals surface area contributed by atoms with Crippen LogP contribution in [0.4, 0.5) is 4.79 Å². The molecule has 92 valence electrons. The fraction of sp³-hybridized carbons (Fsp3) is 0.333. The van der Waals surface area contributed by atoms with Crippen molar-refractivity contribution < 1.29 is 9.59 Å². The summed E-state index contributed by atoms with van der Waals surface area (Å²) < 4.78 is 0. The van der Waals surface area contributed by atoms with Gasteiger partial charge in [-0.25, -0.2) is 4.79 Å². The zero-order valence-electron chi connectivity index (χ0n) is 9.82. The predicted octanol–water partition coefficient (Wildman–Crippen LogP) is 0.534. The molecule has 1 aromatic carbocycles. The Kier molecular flexibility index (Phi) is 5.16. The number of carbonyl (C=O) groups excluding carboxylic acids is 2. The zero-order chi connectivity index (χ0) is 12.7. The Bertz CT molecular complexity index is 404. The fourth-order valence-electron chi connectivity index (χ4n) is 1.57. The molecular formula is C12H17N3O2. The van der Waals surface area contributed by atoms with Crippen LogP contribution >= 0.6 is 0 Å². The molecule has 0 aliphatic rings. The highest BCUT2D eigenvalue weighted by molar-refractivity contribution is 5.94. The van der Waals surface area contributed by atoms with Gasteiger partial charge >= 0.3 is 6.03 Å². The first-order chi connectivity index (χ1) is 8.13. The van der Waals surface area contributed by atoms with E-state index in [1.54, 1.807) is 0 Å². The molecular weight excluding hydrogens is 218 g/mol. The minimum atomic E-state index is -0.828. The summed E-state index contributed by atoms with van der Waals surface area (Å²) >= 11 is 0. The van der Waals surface area contributed by atoms with Crippen LogP contribution in [0.1, 0.15) is 18.1 Å². The van der Waals surface area contributed by atoms with Gasteiger partial charge < -0.3 is 11.1 Å². The highest BCUT2D eigenvalue weighted by atomic mass is 16.2. The number of benzene rings is 1. The molecule has 5 nitrogen and oxygen atoms in total. The maximum atomic E-state index is 11.1. The van der Waals surface area contributed by atoms with Gasteiger partial charge in [-0.2, -0.15) is 0 Å². The van der Waals surface area contributed by atoms with Crippen molar-refractivity contribution >= 4 is 11.9 Å². The summed E-state index contributed by atoms with van der Waals surface area (Å²) in [5, 5.41) is 4.96. The largest absolute Gasteiger partial charge is 0.351 e. The van der Waals surface area contributed by atoms with Gasteiger partial charge in [0.25, 0.3) is 0 Å². The van der Waals surface area contributed by atoms with E-state index in [4.69, 9.17) is 5.73 Å². The Balaban J connectivity index is 2.40. The number of hydrogen-bond donors (Lipinski definition) is 3. The van der Waals surface area contributed by atoms with Gasteiger partial charge in [-0.1, -0.05) is 31.2 Å². The van der Waals surface area contributed by atoms with E-state index in [0.29, 0.717) is 6.54 Å². The minimum Gasteiger partial charge on any atom is -0.351 e. The van der Waals surface area contributed by atoms with Crippen LogP contribution in [0.15, 0.2) is 24.3 Å². The van der Waals surface area contributed by atoms with Crippen LogP contribution in [0.3, 0.4) is 0 Å². The van der Waals surface area contributed by atoms with Gasteiger partial charge in [0.2, 0.25) is 5.91 Å². The smallest absolute Gasteiger partial charge is 0.318 e. The molecule has 3 amide bonds. The molecule has 0 aromatic heterocycles. The lowest BCUT2D eigenvalue weighted by Crippen LogP contribution is -2.40. The molecule has 0 unspecified atom stereocenters. The number of hydrogen-bond acceptors (Lipinski definition) is 3. The van der Waals surface area contributed by atoms with Crippen molar-refractivity contribution in [2.75, 3.05) is 6.54 Å². The summed E-state index contributed by atoms with van der Waals surface area (Å²) in [7, 11) is 0. The Morgan fingerprint density at radius 2 is 1.88 bits per heavy atom. The van der Waals surface area contributed by atoms with Crippen molar-refractivity contribution in [1.82, 2.24) is 10.6 Å². The van der Waals surface area contributed by atoms with Crippen molar-refractivity contribution in [2.45, 2.75) is 19.9 Å². The van der Waals surface area contributed by atoms with Crippen molar-refractivity contribution in [3.63, 3.8) is 0 Å². The van der Waals surface area contributed by atoms with Crippen LogP contribution in [-0.4, -0.2) is 18.5 Å². The van der Waals surface area contributed by atoms with E-state index in [9.17, 15) is 9.59 Å². The zero-order valence-corrected chi connectivity index (χ0v) is 9.82. The second-order valence-corrected chi connectivity index (χ2v) is 3.64. The highest BCUT2D eigenvalue weighted by Gasteiger charge is 2.04. The fourth-order valence-corrected chi connectivity index (χ4v) is 1.57. The number of nitrogens with two attached hydrogens (primary N) is 1. The molecule has 4 N–H and O–H groups in total. The molecule has 0 saturated heterocycles. The van der Waals surface area contributed by atoms with Gasteiger partial charge in [0, 0.05) is 6.54 Å². The van der Waals surface area contributed by atoms with E-state index in [0.717, 1.165) is 12.0 Å². The van der Waals surface area contributed by atoms with Crippen LogP contribution in [0, 0.1) is 0 Å². The Morgan fingerprint density at radius 1 is 1.24 bits per heavy atom. The number of rotatable bonds is 5. The summed E-state index contributed by atoms with van der Waals surface area (Å²) in [6.45, 7) is 2.75. The number of primary amides is 1. The number of urea groups is 1. The molecule has 0 radical (unpaired) electrons. The molecule has 0 spiro atoms. The van der Waals surface area contributed by atoms with Crippen molar-refractivity contribution in [3.8, 4) is 0 Å². The number of amides is 3. The topological polar surface area (TPSA) is 84.2 Å². The Morgan fingerprint density at radius 3 is 2.47 bits per heavy atom. The summed E-state index contributed by atoms with van der Waals surface area (Å²) in [6.07, 6.45) is 0.950. The quantitative estimate of drug-likeness (QED) is 0.696. The molecule has 17 heavy (non-hydrogen) atoms. The lowest BCUT2D eigenvalue weighted by molar-refractivity contribution is -0.119. The van der Waals surface area contributed by atoms with Crippen LogP contribution < -0.4 is 16.4 Å². The lowest BCUT2D eigenvalue weighted by atomic mass is 10.1. The number of carbonyl (C=O) groups is 2. The van der Waals surface area contributed by atoms with E-state index < -0.39 is 11.9 Å². The van der Waals surface area contributed by atoms with Crippen LogP contribution in [0.25, 0.3) is 0 Å². The van der Waals surface area contributed by atoms with Crippen molar-refractivity contribution in [2.24, 2.45) is 5.73 Å². The molecule has 0 heterocycles. The first kappa shape index (κ1) is 13.2. The summed E-state index contributed by atoms with van der Waals surface area (Å²) in [4.78, 5) is 21.5. The van der Waals surface area contributed by atoms with Crippen LogP contribution in [-0.2, 0) is 17.8 Å². The van der Waals surface area contributed by atoms with Crippen molar-refractivity contribution in [1.29, 1.82) is 0 Å². The third-order valence-electron chi connectivity index (χ3n) is 2.36. The lowest BCUT2D eigenvalue weighted by Gasteiger charge is -2.08. The summed E-state index contributed by atoms with van der Waals surface area (Å²) in [5.74, 6) is -0.425.